The van der Waals surface area contributed by atoms with E-state index in [9.17, 15) is 14.9 Å². The molecule has 0 radical (unpaired) electrons. The maximum Gasteiger partial charge on any atom is 0.268 e. The van der Waals surface area contributed by atoms with Crippen molar-refractivity contribution in [1.29, 1.82) is 5.26 Å². The van der Waals surface area contributed by atoms with Crippen molar-refractivity contribution in [2.75, 3.05) is 4.90 Å². The van der Waals surface area contributed by atoms with Crippen LogP contribution in [0.3, 0.4) is 0 Å². The molecule has 0 fully saturated rings. The normalized spacial score (nSPS) is 12.2. The van der Waals surface area contributed by atoms with Crippen molar-refractivity contribution in [3.05, 3.63) is 186 Å². The average Bonchev–Trinajstić information content (AvgIpc) is 3.67. The molecule has 6 nitrogen and oxygen atoms in total. The summed E-state index contributed by atoms with van der Waals surface area (Å²) >= 11 is 0. The zero-order valence-corrected chi connectivity index (χ0v) is 27.6. The Balaban J connectivity index is 1.27. The van der Waals surface area contributed by atoms with Crippen LogP contribution in [-0.2, 0) is 0 Å². The molecule has 0 bridgehead atoms. The number of aromatic nitrogens is 1. The van der Waals surface area contributed by atoms with Crippen molar-refractivity contribution in [3.63, 3.8) is 0 Å². The van der Waals surface area contributed by atoms with Crippen molar-refractivity contribution in [1.82, 2.24) is 4.57 Å². The van der Waals surface area contributed by atoms with Crippen LogP contribution in [0.5, 0.6) is 0 Å². The molecule has 0 atom stereocenters. The van der Waals surface area contributed by atoms with Crippen LogP contribution >= 0.6 is 0 Å². The number of hydrogen-bond donors (Lipinski definition) is 0. The highest BCUT2D eigenvalue weighted by atomic mass is 16.2. The van der Waals surface area contributed by atoms with Crippen LogP contribution < -0.4 is 4.90 Å². The van der Waals surface area contributed by atoms with Gasteiger partial charge in [0.2, 0.25) is 0 Å². The van der Waals surface area contributed by atoms with Gasteiger partial charge in [-0.2, -0.15) is 5.26 Å². The molecule has 242 valence electrons. The van der Waals surface area contributed by atoms with E-state index in [0.717, 1.165) is 55.2 Å². The summed E-state index contributed by atoms with van der Waals surface area (Å²) < 4.78 is 2.04. The van der Waals surface area contributed by atoms with Crippen LogP contribution in [0.25, 0.3) is 65.7 Å². The second kappa shape index (κ2) is 12.1. The molecule has 1 aliphatic rings. The number of fused-ring (bicyclic) bond motifs is 4. The monoisotopic (exact) mass is 666 g/mol. The molecule has 0 spiro atoms. The first-order valence-electron chi connectivity index (χ1n) is 16.8. The van der Waals surface area contributed by atoms with E-state index in [-0.39, 0.29) is 5.91 Å². The standard InChI is InChI=1S/C46H26N4O2/c1-48-40-16-8-7-14-36(40)32-21-25-38-37-24-20-31(35-13-6-5-12-33(35)28-47)26-42(37)50(43(38)27-32)41-17-9-15-39-44(41)46(52)49(45(39)51)34-22-18-30(19-23-34)29-10-3-2-4-11-29/h2-27H. The zero-order valence-electron chi connectivity index (χ0n) is 27.6. The van der Waals surface area contributed by atoms with Crippen LogP contribution in [0, 0.1) is 17.9 Å². The molecule has 0 N–H and O–H groups in total. The molecule has 2 amide bonds. The third kappa shape index (κ3) is 4.71. The van der Waals surface area contributed by atoms with Crippen molar-refractivity contribution in [3.8, 4) is 45.1 Å². The van der Waals surface area contributed by atoms with E-state index in [2.05, 4.69) is 10.9 Å². The lowest BCUT2D eigenvalue weighted by molar-refractivity contribution is 0.0926. The van der Waals surface area contributed by atoms with E-state index >= 15 is 0 Å². The number of carbonyl (C=O) groups is 2. The highest BCUT2D eigenvalue weighted by Crippen LogP contribution is 2.41. The Morgan fingerprint density at radius 1 is 0.538 bits per heavy atom. The minimum Gasteiger partial charge on any atom is -0.308 e. The molecule has 8 aromatic rings. The second-order valence-corrected chi connectivity index (χ2v) is 12.6. The number of rotatable bonds is 5. The van der Waals surface area contributed by atoms with Crippen LogP contribution in [0.1, 0.15) is 26.3 Å². The molecule has 2 heterocycles. The average molecular weight is 667 g/mol. The first-order valence-corrected chi connectivity index (χ1v) is 16.8. The number of imide groups is 1. The number of carbonyl (C=O) groups excluding carboxylic acids is 2. The van der Waals surface area contributed by atoms with E-state index in [0.29, 0.717) is 33.8 Å². The molecule has 1 aromatic heterocycles. The van der Waals surface area contributed by atoms with E-state index in [1.807, 2.05) is 144 Å². The Kier molecular flexibility index (Phi) is 7.10. The summed E-state index contributed by atoms with van der Waals surface area (Å²) in [5.41, 5.74) is 9.75. The van der Waals surface area contributed by atoms with Gasteiger partial charge in [0.15, 0.2) is 5.69 Å². The first-order chi connectivity index (χ1) is 25.6. The SMILES string of the molecule is [C-]#[N+]c1ccccc1-c1ccc2c3ccc(-c4ccccc4C#N)cc3n(-c3cccc4c3C(=O)N(c3ccc(-c5ccccc5)cc3)C4=O)c2c1. The number of nitrogens with zero attached hydrogens (tertiary/aromatic N) is 4. The molecule has 1 aliphatic heterocycles. The summed E-state index contributed by atoms with van der Waals surface area (Å²) in [6.45, 7) is 7.79. The van der Waals surface area contributed by atoms with Crippen molar-refractivity contribution < 1.29 is 9.59 Å². The fraction of sp³-hybridized carbons (Fsp3) is 0. The van der Waals surface area contributed by atoms with E-state index in [1.54, 1.807) is 18.2 Å². The maximum absolute atomic E-state index is 14.5. The molecule has 0 unspecified atom stereocenters. The van der Waals surface area contributed by atoms with Gasteiger partial charge >= 0.3 is 0 Å². The zero-order chi connectivity index (χ0) is 35.3. The molecule has 0 saturated heterocycles. The minimum atomic E-state index is -0.404. The van der Waals surface area contributed by atoms with E-state index < -0.39 is 5.91 Å². The van der Waals surface area contributed by atoms with Crippen molar-refractivity contribution in [2.24, 2.45) is 0 Å². The lowest BCUT2D eigenvalue weighted by atomic mass is 9.98. The Bertz CT molecular complexity index is 2740. The lowest BCUT2D eigenvalue weighted by Crippen LogP contribution is -2.29. The van der Waals surface area contributed by atoms with Gasteiger partial charge in [0, 0.05) is 10.8 Å². The smallest absolute Gasteiger partial charge is 0.268 e. The Morgan fingerprint density at radius 3 is 1.81 bits per heavy atom. The third-order valence-electron chi connectivity index (χ3n) is 9.83. The van der Waals surface area contributed by atoms with Crippen molar-refractivity contribution in [2.45, 2.75) is 0 Å². The molecule has 52 heavy (non-hydrogen) atoms. The Labute approximate surface area is 299 Å². The topological polar surface area (TPSA) is 70.5 Å². The first kappa shape index (κ1) is 30.5. The minimum absolute atomic E-state index is 0.313. The fourth-order valence-electron chi connectivity index (χ4n) is 7.38. The van der Waals surface area contributed by atoms with Crippen molar-refractivity contribution >= 4 is 45.0 Å². The molecule has 7 aromatic carbocycles. The third-order valence-corrected chi connectivity index (χ3v) is 9.83. The predicted molar refractivity (Wildman–Crippen MR) is 206 cm³/mol. The van der Waals surface area contributed by atoms with E-state index in [4.69, 9.17) is 6.57 Å². The molecule has 9 rings (SSSR count). The highest BCUT2D eigenvalue weighted by Gasteiger charge is 2.39. The molecule has 6 heteroatoms. The van der Waals surface area contributed by atoms with Gasteiger partial charge in [0.25, 0.3) is 11.8 Å². The molecule has 0 aliphatic carbocycles. The number of nitriles is 1. The summed E-state index contributed by atoms with van der Waals surface area (Å²) in [5, 5.41) is 11.8. The van der Waals surface area contributed by atoms with E-state index in [1.165, 1.54) is 4.90 Å². The number of benzene rings is 7. The van der Waals surface area contributed by atoms with Gasteiger partial charge in [0.1, 0.15) is 0 Å². The quantitative estimate of drug-likeness (QED) is 0.136. The molecular weight excluding hydrogens is 641 g/mol. The number of para-hydroxylation sites is 1. The van der Waals surface area contributed by atoms with Crippen LogP contribution in [0.15, 0.2) is 158 Å². The Morgan fingerprint density at radius 2 is 1.12 bits per heavy atom. The van der Waals surface area contributed by atoms with Gasteiger partial charge in [-0.1, -0.05) is 115 Å². The second-order valence-electron chi connectivity index (χ2n) is 12.6. The van der Waals surface area contributed by atoms with Gasteiger partial charge in [-0.05, 0) is 75.8 Å². The van der Waals surface area contributed by atoms with Gasteiger partial charge in [-0.15, -0.1) is 0 Å². The number of hydrogen-bond acceptors (Lipinski definition) is 3. The van der Waals surface area contributed by atoms with Gasteiger partial charge in [-0.3, -0.25) is 9.59 Å². The molecule has 0 saturated carbocycles. The lowest BCUT2D eigenvalue weighted by Gasteiger charge is -2.16. The summed E-state index contributed by atoms with van der Waals surface area (Å²) in [5.74, 6) is -0.788. The van der Waals surface area contributed by atoms with Crippen LogP contribution in [0.4, 0.5) is 11.4 Å². The summed E-state index contributed by atoms with van der Waals surface area (Å²) in [4.78, 5) is 33.6. The largest absolute Gasteiger partial charge is 0.308 e. The number of anilines is 1. The van der Waals surface area contributed by atoms with Gasteiger partial charge in [0.05, 0.1) is 51.7 Å². The van der Waals surface area contributed by atoms with Crippen LogP contribution in [0.2, 0.25) is 0 Å². The Hall–Kier alpha value is -7.54. The summed E-state index contributed by atoms with van der Waals surface area (Å²) in [6, 6.07) is 52.3. The fourth-order valence-corrected chi connectivity index (χ4v) is 7.38. The maximum atomic E-state index is 14.5. The van der Waals surface area contributed by atoms with Gasteiger partial charge < -0.3 is 4.57 Å². The van der Waals surface area contributed by atoms with Crippen LogP contribution in [-0.4, -0.2) is 16.4 Å². The highest BCUT2D eigenvalue weighted by molar-refractivity contribution is 6.35. The summed E-state index contributed by atoms with van der Waals surface area (Å²) in [7, 11) is 0. The predicted octanol–water partition coefficient (Wildman–Crippen LogP) is 11.0. The summed E-state index contributed by atoms with van der Waals surface area (Å²) in [6.07, 6.45) is 0. The number of amides is 2. The molecular formula is C46H26N4O2. The van der Waals surface area contributed by atoms with Gasteiger partial charge in [-0.25, -0.2) is 9.74 Å².